The quantitative estimate of drug-likeness (QED) is 0.895. The van der Waals surface area contributed by atoms with Crippen LogP contribution in [0.5, 0.6) is 5.75 Å². The van der Waals surface area contributed by atoms with Crippen molar-refractivity contribution < 1.29 is 9.84 Å². The maximum atomic E-state index is 9.80. The number of aliphatic hydroxyl groups excluding tert-OH is 1. The number of aliphatic hydroxyl groups is 1. The molecule has 2 nitrogen and oxygen atoms in total. The third kappa shape index (κ3) is 2.87. The van der Waals surface area contributed by atoms with Gasteiger partial charge in [-0.05, 0) is 23.8 Å². The average molecular weight is 287 g/mol. The summed E-state index contributed by atoms with van der Waals surface area (Å²) in [7, 11) is 0. The highest BCUT2D eigenvalue weighted by molar-refractivity contribution is 6.30. The second-order valence-electron chi connectivity index (χ2n) is 4.87. The number of fused-ring (bicyclic) bond motifs is 1. The molecule has 2 atom stereocenters. The van der Waals surface area contributed by atoms with Gasteiger partial charge in [-0.2, -0.15) is 0 Å². The van der Waals surface area contributed by atoms with Crippen LogP contribution in [0.25, 0.3) is 6.08 Å². The molecule has 0 aromatic heterocycles. The lowest BCUT2D eigenvalue weighted by molar-refractivity contribution is -0.0352. The third-order valence-electron chi connectivity index (χ3n) is 3.41. The lowest BCUT2D eigenvalue weighted by Crippen LogP contribution is -2.24. The van der Waals surface area contributed by atoms with Crippen molar-refractivity contribution >= 4 is 17.7 Å². The van der Waals surface area contributed by atoms with Crippen LogP contribution in [-0.2, 0) is 0 Å². The highest BCUT2D eigenvalue weighted by Gasteiger charge is 2.25. The van der Waals surface area contributed by atoms with E-state index in [9.17, 15) is 5.11 Å². The first-order valence-electron chi connectivity index (χ1n) is 6.60. The molecule has 0 bridgehead atoms. The van der Waals surface area contributed by atoms with Crippen molar-refractivity contribution in [3.05, 3.63) is 70.8 Å². The Morgan fingerprint density at radius 2 is 1.95 bits per heavy atom. The Morgan fingerprint density at radius 1 is 1.15 bits per heavy atom. The minimum atomic E-state index is -0.769. The van der Waals surface area contributed by atoms with E-state index in [0.717, 1.165) is 11.1 Å². The largest absolute Gasteiger partial charge is 0.465 e. The number of rotatable bonds is 2. The zero-order valence-electron chi connectivity index (χ0n) is 10.9. The molecule has 1 heterocycles. The van der Waals surface area contributed by atoms with Crippen LogP contribution in [0.15, 0.2) is 54.6 Å². The number of hydrogen-bond acceptors (Lipinski definition) is 2. The molecule has 0 radical (unpaired) electrons. The van der Waals surface area contributed by atoms with E-state index in [4.69, 9.17) is 16.3 Å². The van der Waals surface area contributed by atoms with Gasteiger partial charge in [-0.15, -0.1) is 0 Å². The lowest BCUT2D eigenvalue weighted by atomic mass is 9.91. The van der Waals surface area contributed by atoms with Crippen molar-refractivity contribution in [2.75, 3.05) is 0 Å². The molecule has 0 saturated heterocycles. The fourth-order valence-electron chi connectivity index (χ4n) is 2.43. The summed E-state index contributed by atoms with van der Waals surface area (Å²) < 4.78 is 5.43. The topological polar surface area (TPSA) is 29.5 Å². The lowest BCUT2D eigenvalue weighted by Gasteiger charge is -2.27. The van der Waals surface area contributed by atoms with Gasteiger partial charge >= 0.3 is 0 Å². The number of allylic oxidation sites excluding steroid dienone is 1. The van der Waals surface area contributed by atoms with E-state index in [-0.39, 0.29) is 5.92 Å². The molecule has 102 valence electrons. The molecule has 0 fully saturated rings. The standard InChI is InChI=1S/C17H15ClO2/c18-14-8-9-16-15(11-14)13(10-17(19)20-16)7-6-12-4-2-1-3-5-12/h1-9,11,13,17,19H,10H2. The maximum Gasteiger partial charge on any atom is 0.198 e. The summed E-state index contributed by atoms with van der Waals surface area (Å²) in [4.78, 5) is 0. The van der Waals surface area contributed by atoms with Crippen LogP contribution in [0.1, 0.15) is 23.5 Å². The zero-order valence-corrected chi connectivity index (χ0v) is 11.6. The van der Waals surface area contributed by atoms with Crippen molar-refractivity contribution in [2.24, 2.45) is 0 Å². The Kier molecular flexibility index (Phi) is 3.77. The molecule has 20 heavy (non-hydrogen) atoms. The minimum absolute atomic E-state index is 0.104. The van der Waals surface area contributed by atoms with Gasteiger partial charge in [-0.1, -0.05) is 54.1 Å². The molecule has 2 unspecified atom stereocenters. The van der Waals surface area contributed by atoms with Crippen molar-refractivity contribution in [2.45, 2.75) is 18.6 Å². The van der Waals surface area contributed by atoms with Crippen molar-refractivity contribution in [3.8, 4) is 5.75 Å². The highest BCUT2D eigenvalue weighted by atomic mass is 35.5. The Labute approximate surface area is 123 Å². The van der Waals surface area contributed by atoms with E-state index in [1.165, 1.54) is 0 Å². The molecule has 3 rings (SSSR count). The smallest absolute Gasteiger partial charge is 0.198 e. The van der Waals surface area contributed by atoms with Crippen LogP contribution in [0.3, 0.4) is 0 Å². The van der Waals surface area contributed by atoms with Crippen molar-refractivity contribution in [3.63, 3.8) is 0 Å². The van der Waals surface area contributed by atoms with E-state index in [1.807, 2.05) is 42.5 Å². The van der Waals surface area contributed by atoms with Crippen molar-refractivity contribution in [1.82, 2.24) is 0 Å². The van der Waals surface area contributed by atoms with Gasteiger partial charge in [0, 0.05) is 22.9 Å². The first-order valence-corrected chi connectivity index (χ1v) is 6.97. The summed E-state index contributed by atoms with van der Waals surface area (Å²) in [6.45, 7) is 0. The predicted octanol–water partition coefficient (Wildman–Crippen LogP) is 4.24. The summed E-state index contributed by atoms with van der Waals surface area (Å²) in [6, 6.07) is 15.6. The van der Waals surface area contributed by atoms with Crippen LogP contribution >= 0.6 is 11.6 Å². The highest BCUT2D eigenvalue weighted by Crippen LogP contribution is 2.38. The van der Waals surface area contributed by atoms with E-state index in [2.05, 4.69) is 12.2 Å². The van der Waals surface area contributed by atoms with Crippen LogP contribution in [-0.4, -0.2) is 11.4 Å². The van der Waals surface area contributed by atoms with Gasteiger partial charge < -0.3 is 9.84 Å². The van der Waals surface area contributed by atoms with Crippen molar-refractivity contribution in [1.29, 1.82) is 0 Å². The van der Waals surface area contributed by atoms with Gasteiger partial charge in [-0.25, -0.2) is 0 Å². The SMILES string of the molecule is OC1CC(C=Cc2ccccc2)c2cc(Cl)ccc2O1. The van der Waals surface area contributed by atoms with E-state index < -0.39 is 6.29 Å². The van der Waals surface area contributed by atoms with Gasteiger partial charge in [0.1, 0.15) is 5.75 Å². The van der Waals surface area contributed by atoms with Gasteiger partial charge in [-0.3, -0.25) is 0 Å². The fraction of sp³-hybridized carbons (Fsp3) is 0.176. The molecule has 0 amide bonds. The minimum Gasteiger partial charge on any atom is -0.465 e. The second-order valence-corrected chi connectivity index (χ2v) is 5.30. The summed E-state index contributed by atoms with van der Waals surface area (Å²) in [5, 5.41) is 10.5. The molecule has 0 spiro atoms. The molecular weight excluding hydrogens is 272 g/mol. The molecule has 3 heteroatoms. The number of ether oxygens (including phenoxy) is 1. The first kappa shape index (κ1) is 13.2. The molecule has 2 aromatic rings. The number of benzene rings is 2. The summed E-state index contributed by atoms with van der Waals surface area (Å²) in [6.07, 6.45) is 3.93. The van der Waals surface area contributed by atoms with Crippen LogP contribution < -0.4 is 4.74 Å². The summed E-state index contributed by atoms with van der Waals surface area (Å²) in [5.41, 5.74) is 2.16. The van der Waals surface area contributed by atoms with Gasteiger partial charge in [0.25, 0.3) is 0 Å². The van der Waals surface area contributed by atoms with Gasteiger partial charge in [0.15, 0.2) is 6.29 Å². The Balaban J connectivity index is 1.91. The molecule has 2 aromatic carbocycles. The monoisotopic (exact) mass is 286 g/mol. The van der Waals surface area contributed by atoms with Crippen LogP contribution in [0.2, 0.25) is 5.02 Å². The molecule has 0 aliphatic carbocycles. The summed E-state index contributed by atoms with van der Waals surface area (Å²) in [5.74, 6) is 0.809. The fourth-order valence-corrected chi connectivity index (χ4v) is 2.61. The van der Waals surface area contributed by atoms with Gasteiger partial charge in [0.05, 0.1) is 0 Å². The van der Waals surface area contributed by atoms with Gasteiger partial charge in [0.2, 0.25) is 0 Å². The maximum absolute atomic E-state index is 9.80. The number of halogens is 1. The summed E-state index contributed by atoms with van der Waals surface area (Å²) >= 11 is 6.05. The second kappa shape index (κ2) is 5.70. The normalized spacial score (nSPS) is 21.5. The van der Waals surface area contributed by atoms with E-state index in [0.29, 0.717) is 17.2 Å². The third-order valence-corrected chi connectivity index (χ3v) is 3.65. The molecule has 1 aliphatic heterocycles. The van der Waals surface area contributed by atoms with E-state index >= 15 is 0 Å². The Morgan fingerprint density at radius 3 is 2.75 bits per heavy atom. The first-order chi connectivity index (χ1) is 9.72. The molecule has 0 saturated carbocycles. The average Bonchev–Trinajstić information content (AvgIpc) is 2.46. The molecular formula is C17H15ClO2. The predicted molar refractivity (Wildman–Crippen MR) is 80.9 cm³/mol. The molecule has 1 N–H and O–H groups in total. The van der Waals surface area contributed by atoms with E-state index in [1.54, 1.807) is 6.07 Å². The Bertz CT molecular complexity index is 622. The molecule has 1 aliphatic rings. The number of hydrogen-bond donors (Lipinski definition) is 1. The Hall–Kier alpha value is -1.77. The van der Waals surface area contributed by atoms with Crippen LogP contribution in [0.4, 0.5) is 0 Å². The van der Waals surface area contributed by atoms with Crippen LogP contribution in [0, 0.1) is 0 Å². The zero-order chi connectivity index (χ0) is 13.9.